The van der Waals surface area contributed by atoms with Crippen molar-refractivity contribution in [3.8, 4) is 0 Å². The monoisotopic (exact) mass is 314 g/mol. The molecule has 1 aliphatic heterocycles. The lowest BCUT2D eigenvalue weighted by molar-refractivity contribution is 0.0673. The Morgan fingerprint density at radius 3 is 3.09 bits per heavy atom. The Morgan fingerprint density at radius 2 is 2.39 bits per heavy atom. The van der Waals surface area contributed by atoms with Crippen LogP contribution in [0.4, 0.5) is 0 Å². The molecule has 0 unspecified atom stereocenters. The standard InChI is InChI=1S/C17H22N4O2/c1-20-12-18-9-14(20)10-21-5-4-17(11-21)7-13(8-17)19-16(22)15-3-2-6-23-15/h2-3,6,9,12-13H,4-5,7-8,10-11H2,1H3,(H,19,22). The van der Waals surface area contributed by atoms with Crippen molar-refractivity contribution in [3.63, 3.8) is 0 Å². The molecule has 6 heteroatoms. The number of rotatable bonds is 4. The largest absolute Gasteiger partial charge is 0.459 e. The smallest absolute Gasteiger partial charge is 0.287 e. The zero-order valence-electron chi connectivity index (χ0n) is 13.4. The van der Waals surface area contributed by atoms with Crippen molar-refractivity contribution in [1.29, 1.82) is 0 Å². The van der Waals surface area contributed by atoms with Crippen LogP contribution in [0.1, 0.15) is 35.5 Å². The number of nitrogens with one attached hydrogen (secondary N) is 1. The van der Waals surface area contributed by atoms with Crippen molar-refractivity contribution in [2.45, 2.75) is 31.8 Å². The molecular formula is C17H22N4O2. The molecule has 1 aliphatic carbocycles. The van der Waals surface area contributed by atoms with Gasteiger partial charge in [-0.25, -0.2) is 4.98 Å². The number of hydrogen-bond donors (Lipinski definition) is 1. The fourth-order valence-electron chi connectivity index (χ4n) is 4.01. The van der Waals surface area contributed by atoms with Crippen molar-refractivity contribution in [1.82, 2.24) is 19.8 Å². The molecule has 0 radical (unpaired) electrons. The van der Waals surface area contributed by atoms with Crippen LogP contribution < -0.4 is 5.32 Å². The van der Waals surface area contributed by atoms with Crippen LogP contribution in [0.3, 0.4) is 0 Å². The van der Waals surface area contributed by atoms with Gasteiger partial charge in [-0.15, -0.1) is 0 Å². The van der Waals surface area contributed by atoms with E-state index in [4.69, 9.17) is 4.42 Å². The summed E-state index contributed by atoms with van der Waals surface area (Å²) in [5, 5.41) is 3.07. The molecular weight excluding hydrogens is 292 g/mol. The highest BCUT2D eigenvalue weighted by atomic mass is 16.3. The van der Waals surface area contributed by atoms with Crippen molar-refractivity contribution < 1.29 is 9.21 Å². The molecule has 0 aromatic carbocycles. The van der Waals surface area contributed by atoms with Crippen LogP contribution in [0.25, 0.3) is 0 Å². The molecule has 2 aliphatic rings. The zero-order chi connectivity index (χ0) is 15.9. The third-order valence-corrected chi connectivity index (χ3v) is 5.26. The predicted octanol–water partition coefficient (Wildman–Crippen LogP) is 1.80. The summed E-state index contributed by atoms with van der Waals surface area (Å²) in [7, 11) is 2.04. The van der Waals surface area contributed by atoms with E-state index in [2.05, 4.69) is 19.8 Å². The second-order valence-corrected chi connectivity index (χ2v) is 7.01. The Kier molecular flexibility index (Phi) is 3.49. The van der Waals surface area contributed by atoms with Crippen molar-refractivity contribution in [3.05, 3.63) is 42.4 Å². The van der Waals surface area contributed by atoms with Gasteiger partial charge in [0.25, 0.3) is 5.91 Å². The van der Waals surface area contributed by atoms with E-state index in [0.29, 0.717) is 11.2 Å². The molecule has 0 bridgehead atoms. The summed E-state index contributed by atoms with van der Waals surface area (Å²) in [5.74, 6) is 0.301. The lowest BCUT2D eigenvalue weighted by atomic mass is 9.65. The minimum atomic E-state index is -0.0976. The Bertz CT molecular complexity index is 685. The van der Waals surface area contributed by atoms with Crippen LogP contribution in [-0.2, 0) is 13.6 Å². The highest BCUT2D eigenvalue weighted by Gasteiger charge is 2.48. The normalized spacial score (nSPS) is 27.3. The van der Waals surface area contributed by atoms with Gasteiger partial charge in [0, 0.05) is 32.4 Å². The van der Waals surface area contributed by atoms with E-state index >= 15 is 0 Å². The van der Waals surface area contributed by atoms with E-state index in [1.54, 1.807) is 12.1 Å². The first kappa shape index (κ1) is 14.5. The second-order valence-electron chi connectivity index (χ2n) is 7.01. The van der Waals surface area contributed by atoms with E-state index < -0.39 is 0 Å². The second kappa shape index (κ2) is 5.53. The van der Waals surface area contributed by atoms with E-state index in [0.717, 1.165) is 32.5 Å². The molecule has 1 spiro atoms. The summed E-state index contributed by atoms with van der Waals surface area (Å²) in [4.78, 5) is 18.7. The lowest BCUT2D eigenvalue weighted by Gasteiger charge is -2.45. The van der Waals surface area contributed by atoms with Crippen molar-refractivity contribution in [2.24, 2.45) is 12.5 Å². The highest BCUT2D eigenvalue weighted by Crippen LogP contribution is 2.48. The summed E-state index contributed by atoms with van der Waals surface area (Å²) in [5.41, 5.74) is 1.64. The zero-order valence-corrected chi connectivity index (χ0v) is 13.4. The Morgan fingerprint density at radius 1 is 1.52 bits per heavy atom. The molecule has 2 aromatic rings. The quantitative estimate of drug-likeness (QED) is 0.934. The van der Waals surface area contributed by atoms with Crippen LogP contribution in [0.2, 0.25) is 0 Å². The number of furan rings is 1. The fourth-order valence-corrected chi connectivity index (χ4v) is 4.01. The SMILES string of the molecule is Cn1cncc1CN1CCC2(CC(NC(=O)c3ccco3)C2)C1. The van der Waals surface area contributed by atoms with Crippen molar-refractivity contribution in [2.75, 3.05) is 13.1 Å². The van der Waals surface area contributed by atoms with Gasteiger partial charge in [0.2, 0.25) is 0 Å². The summed E-state index contributed by atoms with van der Waals surface area (Å²) in [6, 6.07) is 3.73. The minimum Gasteiger partial charge on any atom is -0.459 e. The maximum atomic E-state index is 12.0. The molecule has 1 saturated carbocycles. The summed E-state index contributed by atoms with van der Waals surface area (Å²) in [6.45, 7) is 3.21. The van der Waals surface area contributed by atoms with Crippen LogP contribution >= 0.6 is 0 Å². The first-order chi connectivity index (χ1) is 11.1. The predicted molar refractivity (Wildman–Crippen MR) is 84.7 cm³/mol. The van der Waals surface area contributed by atoms with Gasteiger partial charge in [-0.05, 0) is 43.4 Å². The minimum absolute atomic E-state index is 0.0976. The van der Waals surface area contributed by atoms with Crippen LogP contribution in [0.15, 0.2) is 35.3 Å². The number of carbonyl (C=O) groups excluding carboxylic acids is 1. The number of aromatic nitrogens is 2. The number of aryl methyl sites for hydroxylation is 1. The van der Waals surface area contributed by atoms with E-state index in [1.165, 1.54) is 18.4 Å². The molecule has 4 rings (SSSR count). The van der Waals surface area contributed by atoms with E-state index in [-0.39, 0.29) is 11.9 Å². The van der Waals surface area contributed by atoms with Gasteiger partial charge in [0.1, 0.15) is 0 Å². The summed E-state index contributed by atoms with van der Waals surface area (Å²) < 4.78 is 7.22. The average molecular weight is 314 g/mol. The average Bonchev–Trinajstić information content (AvgIpc) is 3.21. The molecule has 3 heterocycles. The van der Waals surface area contributed by atoms with E-state index in [9.17, 15) is 4.79 Å². The molecule has 23 heavy (non-hydrogen) atoms. The topological polar surface area (TPSA) is 63.3 Å². The number of hydrogen-bond acceptors (Lipinski definition) is 4. The number of amides is 1. The Labute approximate surface area is 135 Å². The number of likely N-dealkylation sites (tertiary alicyclic amines) is 1. The number of imidazole rings is 1. The van der Waals surface area contributed by atoms with Gasteiger partial charge >= 0.3 is 0 Å². The molecule has 0 atom stereocenters. The van der Waals surface area contributed by atoms with E-state index in [1.807, 2.05) is 19.6 Å². The van der Waals surface area contributed by atoms with Crippen molar-refractivity contribution >= 4 is 5.91 Å². The molecule has 6 nitrogen and oxygen atoms in total. The fraction of sp³-hybridized carbons (Fsp3) is 0.529. The van der Waals surface area contributed by atoms with Crippen LogP contribution in [0.5, 0.6) is 0 Å². The number of nitrogens with zero attached hydrogens (tertiary/aromatic N) is 3. The molecule has 1 amide bonds. The highest BCUT2D eigenvalue weighted by molar-refractivity contribution is 5.91. The molecule has 1 saturated heterocycles. The van der Waals surface area contributed by atoms with Gasteiger partial charge in [-0.1, -0.05) is 0 Å². The Hall–Kier alpha value is -2.08. The first-order valence-corrected chi connectivity index (χ1v) is 8.16. The number of carbonyl (C=O) groups is 1. The summed E-state index contributed by atoms with van der Waals surface area (Å²) in [6.07, 6.45) is 8.69. The maximum Gasteiger partial charge on any atom is 0.287 e. The van der Waals surface area contributed by atoms with Crippen LogP contribution in [-0.4, -0.2) is 39.5 Å². The first-order valence-electron chi connectivity index (χ1n) is 8.16. The third kappa shape index (κ3) is 2.79. The molecule has 1 N–H and O–H groups in total. The van der Waals surface area contributed by atoms with Gasteiger partial charge in [0.15, 0.2) is 5.76 Å². The summed E-state index contributed by atoms with van der Waals surface area (Å²) >= 11 is 0. The maximum absolute atomic E-state index is 12.0. The van der Waals surface area contributed by atoms with Gasteiger partial charge in [-0.2, -0.15) is 0 Å². The third-order valence-electron chi connectivity index (χ3n) is 5.26. The van der Waals surface area contributed by atoms with Gasteiger partial charge < -0.3 is 14.3 Å². The van der Waals surface area contributed by atoms with Gasteiger partial charge in [0.05, 0.1) is 18.3 Å². The van der Waals surface area contributed by atoms with Gasteiger partial charge in [-0.3, -0.25) is 9.69 Å². The molecule has 2 fully saturated rings. The lowest BCUT2D eigenvalue weighted by Crippen LogP contribution is -2.51. The molecule has 122 valence electrons. The molecule has 2 aromatic heterocycles. The van der Waals surface area contributed by atoms with Crippen LogP contribution in [0, 0.1) is 5.41 Å². The Balaban J connectivity index is 1.28.